The zero-order valence-electron chi connectivity index (χ0n) is 15.3. The molecule has 0 radical (unpaired) electrons. The van der Waals surface area contributed by atoms with E-state index < -0.39 is 0 Å². The fraction of sp³-hybridized carbons (Fsp3) is 0.450. The Morgan fingerprint density at radius 2 is 2.00 bits per heavy atom. The number of carbonyl (C=O) groups excluding carboxylic acids is 1. The van der Waals surface area contributed by atoms with Gasteiger partial charge in [-0.3, -0.25) is 4.79 Å². The molecule has 5 nitrogen and oxygen atoms in total. The second kappa shape index (κ2) is 7.64. The van der Waals surface area contributed by atoms with Crippen LogP contribution in [0.1, 0.15) is 51.5 Å². The summed E-state index contributed by atoms with van der Waals surface area (Å²) in [6, 6.07) is 8.25. The van der Waals surface area contributed by atoms with Crippen molar-refractivity contribution < 1.29 is 4.79 Å². The molecule has 1 N–H and O–H groups in total. The molecule has 0 aliphatic carbocycles. The summed E-state index contributed by atoms with van der Waals surface area (Å²) in [6.07, 6.45) is 4.55. The third-order valence-corrected chi connectivity index (χ3v) is 4.49. The van der Waals surface area contributed by atoms with E-state index in [0.717, 1.165) is 59.7 Å². The minimum absolute atomic E-state index is 0.0215. The molecule has 0 spiro atoms. The summed E-state index contributed by atoms with van der Waals surface area (Å²) in [4.78, 5) is 17.0. The monoisotopic (exact) mass is 338 g/mol. The molecule has 3 aromatic rings. The number of nitrogens with zero attached hydrogens (tertiary/aromatic N) is 3. The minimum Gasteiger partial charge on any atom is -0.309 e. The van der Waals surface area contributed by atoms with E-state index in [1.165, 1.54) is 0 Å². The van der Waals surface area contributed by atoms with Crippen LogP contribution in [0.2, 0.25) is 0 Å². The van der Waals surface area contributed by atoms with Crippen LogP contribution in [0.5, 0.6) is 0 Å². The Morgan fingerprint density at radius 1 is 1.20 bits per heavy atom. The molecule has 1 amide bonds. The first kappa shape index (κ1) is 17.4. The van der Waals surface area contributed by atoms with Gasteiger partial charge in [-0.05, 0) is 31.4 Å². The Morgan fingerprint density at radius 3 is 2.76 bits per heavy atom. The van der Waals surface area contributed by atoms with Crippen LogP contribution in [-0.4, -0.2) is 20.7 Å². The van der Waals surface area contributed by atoms with Crippen LogP contribution in [0.25, 0.3) is 21.9 Å². The van der Waals surface area contributed by atoms with Gasteiger partial charge < -0.3 is 5.32 Å². The molecule has 1 aromatic carbocycles. The molecule has 2 heterocycles. The predicted octanol–water partition coefficient (Wildman–Crippen LogP) is 4.82. The van der Waals surface area contributed by atoms with E-state index in [9.17, 15) is 4.79 Å². The second-order valence-corrected chi connectivity index (χ2v) is 6.58. The molecule has 0 unspecified atom stereocenters. The van der Waals surface area contributed by atoms with Gasteiger partial charge in [0.2, 0.25) is 5.91 Å². The van der Waals surface area contributed by atoms with E-state index in [1.807, 2.05) is 10.7 Å². The first-order chi connectivity index (χ1) is 12.1. The van der Waals surface area contributed by atoms with E-state index in [0.29, 0.717) is 12.2 Å². The lowest BCUT2D eigenvalue weighted by molar-refractivity contribution is -0.116. The predicted molar refractivity (Wildman–Crippen MR) is 103 cm³/mol. The van der Waals surface area contributed by atoms with Crippen LogP contribution in [0.15, 0.2) is 24.3 Å². The van der Waals surface area contributed by atoms with Crippen molar-refractivity contribution in [3.05, 3.63) is 29.8 Å². The number of anilines is 1. The summed E-state index contributed by atoms with van der Waals surface area (Å²) >= 11 is 0. The topological polar surface area (TPSA) is 59.8 Å². The highest BCUT2D eigenvalue weighted by atomic mass is 16.1. The Bertz CT molecular complexity index is 897. The van der Waals surface area contributed by atoms with Crippen molar-refractivity contribution in [2.24, 2.45) is 0 Å². The molecular formula is C20H26N4O. The maximum Gasteiger partial charge on any atom is 0.225 e. The fourth-order valence-corrected chi connectivity index (χ4v) is 3.02. The smallest absolute Gasteiger partial charge is 0.225 e. The first-order valence-corrected chi connectivity index (χ1v) is 9.20. The number of fused-ring (bicyclic) bond motifs is 2. The molecule has 0 saturated heterocycles. The standard InChI is InChI=1S/C20H26N4O/c1-4-6-11-17(25)21-19-16-13-15-10-8-9-14(3)18(15)22-20(16)24(23-19)12-7-5-2/h8-10,13H,4-7,11-12H2,1-3H3,(H,21,23,25). The van der Waals surface area contributed by atoms with Gasteiger partial charge in [-0.25, -0.2) is 9.67 Å². The van der Waals surface area contributed by atoms with E-state index >= 15 is 0 Å². The summed E-state index contributed by atoms with van der Waals surface area (Å²) < 4.78 is 1.93. The number of hydrogen-bond donors (Lipinski definition) is 1. The van der Waals surface area contributed by atoms with Crippen LogP contribution < -0.4 is 5.32 Å². The van der Waals surface area contributed by atoms with Crippen LogP contribution in [0.3, 0.4) is 0 Å². The molecule has 0 aliphatic heterocycles. The number of aromatic nitrogens is 3. The number of rotatable bonds is 7. The number of pyridine rings is 1. The third-order valence-electron chi connectivity index (χ3n) is 4.49. The highest BCUT2D eigenvalue weighted by Gasteiger charge is 2.15. The maximum atomic E-state index is 12.2. The molecule has 0 aliphatic rings. The number of hydrogen-bond acceptors (Lipinski definition) is 3. The molecular weight excluding hydrogens is 312 g/mol. The molecule has 3 rings (SSSR count). The third kappa shape index (κ3) is 3.65. The van der Waals surface area contributed by atoms with Crippen LogP contribution in [0, 0.1) is 6.92 Å². The summed E-state index contributed by atoms with van der Waals surface area (Å²) in [5, 5.41) is 9.63. The normalized spacial score (nSPS) is 11.3. The molecule has 0 atom stereocenters. The number of unbranched alkanes of at least 4 members (excludes halogenated alkanes) is 2. The van der Waals surface area contributed by atoms with Gasteiger partial charge in [0.1, 0.15) is 0 Å². The lowest BCUT2D eigenvalue weighted by Crippen LogP contribution is -2.12. The van der Waals surface area contributed by atoms with Gasteiger partial charge in [-0.2, -0.15) is 5.10 Å². The van der Waals surface area contributed by atoms with Crippen molar-refractivity contribution in [3.8, 4) is 0 Å². The minimum atomic E-state index is 0.0215. The maximum absolute atomic E-state index is 12.2. The summed E-state index contributed by atoms with van der Waals surface area (Å²) in [7, 11) is 0. The molecule has 0 saturated carbocycles. The van der Waals surface area contributed by atoms with E-state index in [4.69, 9.17) is 4.98 Å². The van der Waals surface area contributed by atoms with Crippen LogP contribution >= 0.6 is 0 Å². The highest BCUT2D eigenvalue weighted by molar-refractivity contribution is 6.03. The van der Waals surface area contributed by atoms with Crippen LogP contribution in [0.4, 0.5) is 5.82 Å². The summed E-state index contributed by atoms with van der Waals surface area (Å²) in [6.45, 7) is 7.12. The number of benzene rings is 1. The van der Waals surface area contributed by atoms with Gasteiger partial charge in [-0.15, -0.1) is 0 Å². The van der Waals surface area contributed by atoms with Gasteiger partial charge in [0.05, 0.1) is 10.9 Å². The molecule has 0 fully saturated rings. The van der Waals surface area contributed by atoms with Gasteiger partial charge in [0, 0.05) is 18.4 Å². The lowest BCUT2D eigenvalue weighted by atomic mass is 10.1. The Labute approximate surface area is 148 Å². The lowest BCUT2D eigenvalue weighted by Gasteiger charge is -2.04. The number of nitrogens with one attached hydrogen (secondary N) is 1. The van der Waals surface area contributed by atoms with Crippen molar-refractivity contribution in [2.45, 2.75) is 59.4 Å². The highest BCUT2D eigenvalue weighted by Crippen LogP contribution is 2.27. The average molecular weight is 338 g/mol. The van der Waals surface area contributed by atoms with Crippen molar-refractivity contribution in [1.82, 2.24) is 14.8 Å². The van der Waals surface area contributed by atoms with Gasteiger partial charge >= 0.3 is 0 Å². The molecule has 25 heavy (non-hydrogen) atoms. The van der Waals surface area contributed by atoms with E-state index in [-0.39, 0.29) is 5.91 Å². The van der Waals surface area contributed by atoms with Gasteiger partial charge in [0.25, 0.3) is 0 Å². The summed E-state index contributed by atoms with van der Waals surface area (Å²) in [5.74, 6) is 0.649. The van der Waals surface area contributed by atoms with Crippen molar-refractivity contribution in [3.63, 3.8) is 0 Å². The van der Waals surface area contributed by atoms with Crippen molar-refractivity contribution in [1.29, 1.82) is 0 Å². The number of aryl methyl sites for hydroxylation is 2. The molecule has 0 bridgehead atoms. The average Bonchev–Trinajstić information content (AvgIpc) is 2.94. The Kier molecular flexibility index (Phi) is 5.31. The zero-order chi connectivity index (χ0) is 17.8. The Hall–Kier alpha value is -2.43. The first-order valence-electron chi connectivity index (χ1n) is 9.20. The Balaban J connectivity index is 2.07. The van der Waals surface area contributed by atoms with Crippen LogP contribution in [-0.2, 0) is 11.3 Å². The van der Waals surface area contributed by atoms with E-state index in [2.05, 4.69) is 49.4 Å². The quantitative estimate of drug-likeness (QED) is 0.672. The summed E-state index contributed by atoms with van der Waals surface area (Å²) in [5.41, 5.74) is 2.99. The van der Waals surface area contributed by atoms with Crippen molar-refractivity contribution in [2.75, 3.05) is 5.32 Å². The van der Waals surface area contributed by atoms with E-state index in [1.54, 1.807) is 0 Å². The number of amides is 1. The number of para-hydroxylation sites is 1. The molecule has 132 valence electrons. The number of carbonyl (C=O) groups is 1. The SMILES string of the molecule is CCCCC(=O)Nc1nn(CCCC)c2nc3c(C)cccc3cc12. The van der Waals surface area contributed by atoms with Gasteiger partial charge in [0.15, 0.2) is 11.5 Å². The largest absolute Gasteiger partial charge is 0.309 e. The van der Waals surface area contributed by atoms with Crippen molar-refractivity contribution >= 4 is 33.7 Å². The van der Waals surface area contributed by atoms with Gasteiger partial charge in [-0.1, -0.05) is 44.9 Å². The fourth-order valence-electron chi connectivity index (χ4n) is 3.02. The zero-order valence-corrected chi connectivity index (χ0v) is 15.3. The second-order valence-electron chi connectivity index (χ2n) is 6.58. The molecule has 2 aromatic heterocycles. The molecule has 5 heteroatoms.